The molecule has 5 heteroatoms. The molecule has 0 radical (unpaired) electrons. The average Bonchev–Trinajstić information content (AvgIpc) is 2.98. The summed E-state index contributed by atoms with van der Waals surface area (Å²) in [5, 5.41) is 4.46. The summed E-state index contributed by atoms with van der Waals surface area (Å²) in [7, 11) is 0. The molecule has 2 aliphatic heterocycles. The van der Waals surface area contributed by atoms with Crippen molar-refractivity contribution in [3.8, 4) is 0 Å². The van der Waals surface area contributed by atoms with E-state index in [0.29, 0.717) is 6.04 Å². The standard InChI is InChI=1S/C13H21N3O2/c1-10(14)11-7-15-16(8-11)12-2-4-18-13(6-12)3-5-17-9-13/h7-8,10,12H,2-6,9,14H2,1H3. The normalized spacial score (nSPS) is 34.0. The largest absolute Gasteiger partial charge is 0.378 e. The van der Waals surface area contributed by atoms with Gasteiger partial charge >= 0.3 is 0 Å². The van der Waals surface area contributed by atoms with E-state index in [9.17, 15) is 0 Å². The first kappa shape index (κ1) is 12.1. The summed E-state index contributed by atoms with van der Waals surface area (Å²) in [6.07, 6.45) is 6.96. The highest BCUT2D eigenvalue weighted by atomic mass is 16.6. The van der Waals surface area contributed by atoms with E-state index in [1.807, 2.05) is 13.1 Å². The Morgan fingerprint density at radius 1 is 1.56 bits per heavy atom. The second kappa shape index (κ2) is 4.64. The Kier molecular flexibility index (Phi) is 3.13. The molecule has 2 saturated heterocycles. The second-order valence-corrected chi connectivity index (χ2v) is 5.52. The molecule has 1 aromatic rings. The molecule has 2 fully saturated rings. The Morgan fingerprint density at radius 2 is 2.44 bits per heavy atom. The van der Waals surface area contributed by atoms with Gasteiger partial charge < -0.3 is 15.2 Å². The van der Waals surface area contributed by atoms with E-state index in [1.54, 1.807) is 0 Å². The molecular formula is C13H21N3O2. The maximum absolute atomic E-state index is 5.94. The molecule has 0 saturated carbocycles. The molecule has 3 unspecified atom stereocenters. The van der Waals surface area contributed by atoms with Crippen LogP contribution in [0.1, 0.15) is 43.8 Å². The van der Waals surface area contributed by atoms with Crippen LogP contribution in [0.2, 0.25) is 0 Å². The van der Waals surface area contributed by atoms with Gasteiger partial charge in [0.2, 0.25) is 0 Å². The van der Waals surface area contributed by atoms with Gasteiger partial charge in [0.1, 0.15) is 0 Å². The van der Waals surface area contributed by atoms with Gasteiger partial charge in [0.25, 0.3) is 0 Å². The maximum Gasteiger partial charge on any atom is 0.0957 e. The molecule has 0 aromatic carbocycles. The molecule has 1 aromatic heterocycles. The Labute approximate surface area is 107 Å². The summed E-state index contributed by atoms with van der Waals surface area (Å²) in [5.41, 5.74) is 6.90. The van der Waals surface area contributed by atoms with E-state index in [4.69, 9.17) is 15.2 Å². The van der Waals surface area contributed by atoms with E-state index < -0.39 is 0 Å². The number of aromatic nitrogens is 2. The van der Waals surface area contributed by atoms with Crippen molar-refractivity contribution in [3.05, 3.63) is 18.0 Å². The molecule has 3 heterocycles. The van der Waals surface area contributed by atoms with Crippen molar-refractivity contribution in [1.82, 2.24) is 9.78 Å². The Bertz CT molecular complexity index is 410. The zero-order valence-electron chi connectivity index (χ0n) is 10.8. The third kappa shape index (κ3) is 2.18. The van der Waals surface area contributed by atoms with Crippen LogP contribution in [0.5, 0.6) is 0 Å². The predicted octanol–water partition coefficient (Wildman–Crippen LogP) is 1.41. The van der Waals surface area contributed by atoms with Crippen molar-refractivity contribution in [3.63, 3.8) is 0 Å². The van der Waals surface area contributed by atoms with Crippen LogP contribution < -0.4 is 5.73 Å². The summed E-state index contributed by atoms with van der Waals surface area (Å²) in [6.45, 7) is 4.32. The van der Waals surface area contributed by atoms with Crippen LogP contribution in [0.25, 0.3) is 0 Å². The molecular weight excluding hydrogens is 230 g/mol. The van der Waals surface area contributed by atoms with Gasteiger partial charge in [-0.2, -0.15) is 5.10 Å². The zero-order valence-corrected chi connectivity index (χ0v) is 10.8. The lowest BCUT2D eigenvalue weighted by atomic mass is 9.90. The molecule has 100 valence electrons. The highest BCUT2D eigenvalue weighted by Crippen LogP contribution is 2.37. The van der Waals surface area contributed by atoms with Gasteiger partial charge in [-0.1, -0.05) is 0 Å². The average molecular weight is 251 g/mol. The fourth-order valence-corrected chi connectivity index (χ4v) is 2.88. The number of nitrogens with two attached hydrogens (primary N) is 1. The SMILES string of the molecule is CC(N)c1cnn(C2CCOC3(CCOC3)C2)c1. The highest BCUT2D eigenvalue weighted by molar-refractivity contribution is 5.09. The first-order chi connectivity index (χ1) is 8.69. The number of nitrogens with zero attached hydrogens (tertiary/aromatic N) is 2. The predicted molar refractivity (Wildman–Crippen MR) is 67.2 cm³/mol. The lowest BCUT2D eigenvalue weighted by Gasteiger charge is -2.37. The first-order valence-corrected chi connectivity index (χ1v) is 6.70. The fraction of sp³-hybridized carbons (Fsp3) is 0.769. The smallest absolute Gasteiger partial charge is 0.0957 e. The van der Waals surface area contributed by atoms with Crippen LogP contribution >= 0.6 is 0 Å². The van der Waals surface area contributed by atoms with Gasteiger partial charge in [-0.25, -0.2) is 0 Å². The lowest BCUT2D eigenvalue weighted by Crippen LogP contribution is -2.41. The van der Waals surface area contributed by atoms with E-state index in [2.05, 4.69) is 16.0 Å². The molecule has 3 atom stereocenters. The van der Waals surface area contributed by atoms with Crippen LogP contribution in [0.4, 0.5) is 0 Å². The molecule has 0 amide bonds. The maximum atomic E-state index is 5.94. The topological polar surface area (TPSA) is 62.3 Å². The van der Waals surface area contributed by atoms with Crippen molar-refractivity contribution in [2.75, 3.05) is 19.8 Å². The second-order valence-electron chi connectivity index (χ2n) is 5.52. The number of ether oxygens (including phenoxy) is 2. The van der Waals surface area contributed by atoms with Crippen LogP contribution in [0.3, 0.4) is 0 Å². The quantitative estimate of drug-likeness (QED) is 0.863. The van der Waals surface area contributed by atoms with Crippen molar-refractivity contribution in [2.45, 2.75) is 43.9 Å². The summed E-state index contributed by atoms with van der Waals surface area (Å²) < 4.78 is 13.5. The van der Waals surface area contributed by atoms with Crippen LogP contribution in [-0.4, -0.2) is 35.2 Å². The minimum atomic E-state index is -0.0661. The third-order valence-corrected chi connectivity index (χ3v) is 4.06. The van der Waals surface area contributed by atoms with Crippen molar-refractivity contribution in [1.29, 1.82) is 0 Å². The number of hydrogen-bond donors (Lipinski definition) is 1. The molecule has 2 aliphatic rings. The number of hydrogen-bond acceptors (Lipinski definition) is 4. The summed E-state index contributed by atoms with van der Waals surface area (Å²) in [6, 6.07) is 0.454. The van der Waals surface area contributed by atoms with Crippen LogP contribution in [0, 0.1) is 0 Å². The molecule has 18 heavy (non-hydrogen) atoms. The van der Waals surface area contributed by atoms with E-state index >= 15 is 0 Å². The van der Waals surface area contributed by atoms with E-state index in [1.165, 1.54) is 0 Å². The monoisotopic (exact) mass is 251 g/mol. The van der Waals surface area contributed by atoms with E-state index in [0.717, 1.165) is 44.6 Å². The zero-order chi connectivity index (χ0) is 12.6. The first-order valence-electron chi connectivity index (χ1n) is 6.70. The lowest BCUT2D eigenvalue weighted by molar-refractivity contribution is -0.0962. The van der Waals surface area contributed by atoms with Crippen molar-refractivity contribution in [2.24, 2.45) is 5.73 Å². The molecule has 3 rings (SSSR count). The Balaban J connectivity index is 1.75. The molecule has 0 aliphatic carbocycles. The van der Waals surface area contributed by atoms with Crippen molar-refractivity contribution >= 4 is 0 Å². The van der Waals surface area contributed by atoms with Gasteiger partial charge in [0, 0.05) is 43.9 Å². The highest BCUT2D eigenvalue weighted by Gasteiger charge is 2.41. The van der Waals surface area contributed by atoms with Crippen molar-refractivity contribution < 1.29 is 9.47 Å². The molecule has 0 bridgehead atoms. The summed E-state index contributed by atoms with van der Waals surface area (Å²) >= 11 is 0. The third-order valence-electron chi connectivity index (χ3n) is 4.06. The van der Waals surface area contributed by atoms with Gasteiger partial charge in [-0.05, 0) is 13.3 Å². The van der Waals surface area contributed by atoms with Crippen LogP contribution in [0.15, 0.2) is 12.4 Å². The van der Waals surface area contributed by atoms with Gasteiger partial charge in [-0.3, -0.25) is 4.68 Å². The molecule has 5 nitrogen and oxygen atoms in total. The molecule has 1 spiro atoms. The molecule has 2 N–H and O–H groups in total. The van der Waals surface area contributed by atoms with Gasteiger partial charge in [0.05, 0.1) is 24.4 Å². The fourth-order valence-electron chi connectivity index (χ4n) is 2.88. The summed E-state index contributed by atoms with van der Waals surface area (Å²) in [5.74, 6) is 0. The number of rotatable bonds is 2. The van der Waals surface area contributed by atoms with Gasteiger partial charge in [0.15, 0.2) is 0 Å². The van der Waals surface area contributed by atoms with Gasteiger partial charge in [-0.15, -0.1) is 0 Å². The Morgan fingerprint density at radius 3 is 3.11 bits per heavy atom. The minimum absolute atomic E-state index is 0.0439. The Hall–Kier alpha value is -0.910. The summed E-state index contributed by atoms with van der Waals surface area (Å²) in [4.78, 5) is 0. The van der Waals surface area contributed by atoms with E-state index in [-0.39, 0.29) is 11.6 Å². The van der Waals surface area contributed by atoms with Crippen LogP contribution in [-0.2, 0) is 9.47 Å². The minimum Gasteiger partial charge on any atom is -0.378 e.